The van der Waals surface area contributed by atoms with Crippen LogP contribution in [0.4, 0.5) is 0 Å². The Morgan fingerprint density at radius 1 is 1.40 bits per heavy atom. The average Bonchev–Trinajstić information content (AvgIpc) is 2.75. The van der Waals surface area contributed by atoms with E-state index in [-0.39, 0.29) is 5.91 Å². The lowest BCUT2D eigenvalue weighted by Gasteiger charge is -2.04. The van der Waals surface area contributed by atoms with Crippen molar-refractivity contribution in [1.82, 2.24) is 14.8 Å². The van der Waals surface area contributed by atoms with Crippen molar-refractivity contribution < 1.29 is 4.79 Å². The lowest BCUT2D eigenvalue weighted by atomic mass is 10.2. The van der Waals surface area contributed by atoms with E-state index in [2.05, 4.69) is 41.4 Å². The highest BCUT2D eigenvalue weighted by atomic mass is 32.2. The van der Waals surface area contributed by atoms with Crippen molar-refractivity contribution in [2.45, 2.75) is 30.7 Å². The number of thioether (sulfide) groups is 1. The van der Waals surface area contributed by atoms with Crippen LogP contribution in [0.5, 0.6) is 0 Å². The van der Waals surface area contributed by atoms with Crippen molar-refractivity contribution >= 4 is 17.7 Å². The number of nitrogens with zero attached hydrogens (tertiary/aromatic N) is 3. The molecule has 0 atom stereocenters. The number of benzene rings is 1. The van der Waals surface area contributed by atoms with Crippen LogP contribution in [0, 0.1) is 6.92 Å². The Balaban J connectivity index is 1.98. The third-order valence-corrected chi connectivity index (χ3v) is 4.06. The summed E-state index contributed by atoms with van der Waals surface area (Å²) in [6, 6.07) is 8.40. The molecule has 1 amide bonds. The van der Waals surface area contributed by atoms with Crippen molar-refractivity contribution in [3.05, 3.63) is 41.2 Å². The van der Waals surface area contributed by atoms with Crippen LogP contribution in [0.2, 0.25) is 0 Å². The number of carbonyl (C=O) groups excluding carboxylic acids is 1. The first-order chi connectivity index (χ1) is 9.56. The fraction of sp³-hybridized carbons (Fsp3) is 0.357. The van der Waals surface area contributed by atoms with E-state index in [1.807, 2.05) is 11.6 Å². The summed E-state index contributed by atoms with van der Waals surface area (Å²) in [7, 11) is 1.91. The molecule has 6 heteroatoms. The maximum absolute atomic E-state index is 10.8. The van der Waals surface area contributed by atoms with Gasteiger partial charge in [0.15, 0.2) is 5.16 Å². The second-order valence-corrected chi connectivity index (χ2v) is 5.64. The van der Waals surface area contributed by atoms with Gasteiger partial charge in [-0.2, -0.15) is 0 Å². The molecule has 0 aliphatic rings. The lowest BCUT2D eigenvalue weighted by Crippen LogP contribution is -2.12. The third kappa shape index (κ3) is 3.84. The predicted molar refractivity (Wildman–Crippen MR) is 79.3 cm³/mol. The molecule has 0 spiro atoms. The summed E-state index contributed by atoms with van der Waals surface area (Å²) in [5.41, 5.74) is 7.66. The van der Waals surface area contributed by atoms with Gasteiger partial charge in [0.1, 0.15) is 5.82 Å². The Kier molecular flexibility index (Phi) is 4.79. The van der Waals surface area contributed by atoms with Gasteiger partial charge in [0, 0.05) is 25.6 Å². The standard InChI is InChI=1S/C14H18N4OS/c1-10-4-3-5-11(8-10)9-20-14-17-16-13(18(14)2)7-6-12(15)19/h3-5,8H,6-7,9H2,1-2H3,(H2,15,19). The van der Waals surface area contributed by atoms with Crippen LogP contribution in [0.1, 0.15) is 23.4 Å². The van der Waals surface area contributed by atoms with Crippen molar-refractivity contribution in [3.63, 3.8) is 0 Å². The SMILES string of the molecule is Cc1cccc(CSc2nnc(CCC(N)=O)n2C)c1. The molecule has 2 N–H and O–H groups in total. The summed E-state index contributed by atoms with van der Waals surface area (Å²) in [6.45, 7) is 2.08. The van der Waals surface area contributed by atoms with Crippen LogP contribution in [-0.2, 0) is 24.0 Å². The van der Waals surface area contributed by atoms with Gasteiger partial charge in [-0.15, -0.1) is 10.2 Å². The number of hydrogen-bond acceptors (Lipinski definition) is 4. The normalized spacial score (nSPS) is 10.7. The summed E-state index contributed by atoms with van der Waals surface area (Å²) in [5.74, 6) is 1.32. The zero-order valence-electron chi connectivity index (χ0n) is 11.7. The summed E-state index contributed by atoms with van der Waals surface area (Å²) in [4.78, 5) is 10.8. The second-order valence-electron chi connectivity index (χ2n) is 4.70. The third-order valence-electron chi connectivity index (χ3n) is 2.97. The molecule has 0 bridgehead atoms. The van der Waals surface area contributed by atoms with Crippen LogP contribution >= 0.6 is 11.8 Å². The Hall–Kier alpha value is -1.82. The largest absolute Gasteiger partial charge is 0.370 e. The molecule has 0 saturated heterocycles. The molecule has 106 valence electrons. The van der Waals surface area contributed by atoms with E-state index >= 15 is 0 Å². The molecule has 5 nitrogen and oxygen atoms in total. The summed E-state index contributed by atoms with van der Waals surface area (Å²) < 4.78 is 1.92. The second kappa shape index (κ2) is 6.56. The molecule has 0 radical (unpaired) electrons. The van der Waals surface area contributed by atoms with Gasteiger partial charge in [-0.25, -0.2) is 0 Å². The lowest BCUT2D eigenvalue weighted by molar-refractivity contribution is -0.118. The molecule has 1 aromatic carbocycles. The molecule has 2 aromatic rings. The fourth-order valence-corrected chi connectivity index (χ4v) is 2.75. The predicted octanol–water partition coefficient (Wildman–Crippen LogP) is 1.83. The molecular formula is C14H18N4OS. The van der Waals surface area contributed by atoms with Crippen molar-refractivity contribution in [3.8, 4) is 0 Å². The van der Waals surface area contributed by atoms with E-state index in [1.54, 1.807) is 11.8 Å². The molecule has 0 unspecified atom stereocenters. The molecule has 1 heterocycles. The van der Waals surface area contributed by atoms with Crippen molar-refractivity contribution in [2.75, 3.05) is 0 Å². The average molecular weight is 290 g/mol. The number of hydrogen-bond donors (Lipinski definition) is 1. The van der Waals surface area contributed by atoms with E-state index in [0.29, 0.717) is 12.8 Å². The molecule has 0 saturated carbocycles. The molecule has 1 aromatic heterocycles. The van der Waals surface area contributed by atoms with Gasteiger partial charge in [0.2, 0.25) is 5.91 Å². The van der Waals surface area contributed by atoms with Gasteiger partial charge >= 0.3 is 0 Å². The topological polar surface area (TPSA) is 73.8 Å². The zero-order chi connectivity index (χ0) is 14.5. The van der Waals surface area contributed by atoms with Gasteiger partial charge in [-0.05, 0) is 12.5 Å². The van der Waals surface area contributed by atoms with E-state index in [0.717, 1.165) is 16.7 Å². The van der Waals surface area contributed by atoms with Crippen LogP contribution in [-0.4, -0.2) is 20.7 Å². The van der Waals surface area contributed by atoms with E-state index in [4.69, 9.17) is 5.73 Å². The molecular weight excluding hydrogens is 272 g/mol. The van der Waals surface area contributed by atoms with Gasteiger partial charge in [0.05, 0.1) is 0 Å². The number of primary amides is 1. The Bertz CT molecular complexity index is 609. The van der Waals surface area contributed by atoms with Crippen LogP contribution in [0.25, 0.3) is 0 Å². The smallest absolute Gasteiger partial charge is 0.217 e. The van der Waals surface area contributed by atoms with Gasteiger partial charge < -0.3 is 10.3 Å². The number of carbonyl (C=O) groups is 1. The monoisotopic (exact) mass is 290 g/mol. The van der Waals surface area contributed by atoms with Crippen molar-refractivity contribution in [2.24, 2.45) is 12.8 Å². The van der Waals surface area contributed by atoms with Gasteiger partial charge in [-0.1, -0.05) is 41.6 Å². The van der Waals surface area contributed by atoms with Gasteiger partial charge in [-0.3, -0.25) is 4.79 Å². The Morgan fingerprint density at radius 2 is 2.20 bits per heavy atom. The number of amides is 1. The molecule has 0 aliphatic heterocycles. The molecule has 20 heavy (non-hydrogen) atoms. The Morgan fingerprint density at radius 3 is 2.90 bits per heavy atom. The first-order valence-corrected chi connectivity index (χ1v) is 7.39. The summed E-state index contributed by atoms with van der Waals surface area (Å²) in [6.07, 6.45) is 0.832. The van der Waals surface area contributed by atoms with E-state index < -0.39 is 0 Å². The first-order valence-electron chi connectivity index (χ1n) is 6.41. The van der Waals surface area contributed by atoms with Crippen LogP contribution in [0.15, 0.2) is 29.4 Å². The maximum atomic E-state index is 10.8. The van der Waals surface area contributed by atoms with E-state index in [1.165, 1.54) is 11.1 Å². The minimum absolute atomic E-state index is 0.300. The molecule has 0 aliphatic carbocycles. The molecule has 2 rings (SSSR count). The number of aryl methyl sites for hydroxylation is 2. The minimum atomic E-state index is -0.318. The zero-order valence-corrected chi connectivity index (χ0v) is 12.5. The maximum Gasteiger partial charge on any atom is 0.217 e. The van der Waals surface area contributed by atoms with Crippen LogP contribution in [0.3, 0.4) is 0 Å². The summed E-state index contributed by atoms with van der Waals surface area (Å²) in [5, 5.41) is 9.11. The highest BCUT2D eigenvalue weighted by Gasteiger charge is 2.10. The number of rotatable bonds is 6. The quantitative estimate of drug-likeness (QED) is 0.824. The highest BCUT2D eigenvalue weighted by Crippen LogP contribution is 2.21. The van der Waals surface area contributed by atoms with Gasteiger partial charge in [0.25, 0.3) is 0 Å². The number of aromatic nitrogens is 3. The fourth-order valence-electron chi connectivity index (χ4n) is 1.87. The minimum Gasteiger partial charge on any atom is -0.370 e. The Labute approximate surface area is 122 Å². The van der Waals surface area contributed by atoms with Crippen LogP contribution < -0.4 is 5.73 Å². The highest BCUT2D eigenvalue weighted by molar-refractivity contribution is 7.98. The first kappa shape index (κ1) is 14.6. The molecule has 0 fully saturated rings. The van der Waals surface area contributed by atoms with Crippen molar-refractivity contribution in [1.29, 1.82) is 0 Å². The number of nitrogens with two attached hydrogens (primary N) is 1. The van der Waals surface area contributed by atoms with E-state index in [9.17, 15) is 4.79 Å². The summed E-state index contributed by atoms with van der Waals surface area (Å²) >= 11 is 1.64.